The molecule has 2 fully saturated rings. The van der Waals surface area contributed by atoms with Crippen LogP contribution in [0, 0.1) is 0 Å². The van der Waals surface area contributed by atoms with Crippen LogP contribution in [0.1, 0.15) is 16.7 Å². The van der Waals surface area contributed by atoms with Crippen molar-refractivity contribution in [3.05, 3.63) is 95.7 Å². The van der Waals surface area contributed by atoms with Crippen LogP contribution in [0.5, 0.6) is 5.75 Å². The highest BCUT2D eigenvalue weighted by atomic mass is 16.3. The van der Waals surface area contributed by atoms with Gasteiger partial charge in [-0.1, -0.05) is 54.6 Å². The summed E-state index contributed by atoms with van der Waals surface area (Å²) in [5.74, 6) is -0.346. The second kappa shape index (κ2) is 10.7. The number of piperazine rings is 1. The molecule has 0 bridgehead atoms. The summed E-state index contributed by atoms with van der Waals surface area (Å²) >= 11 is 0. The van der Waals surface area contributed by atoms with Gasteiger partial charge in [-0.15, -0.1) is 0 Å². The van der Waals surface area contributed by atoms with E-state index in [1.54, 1.807) is 35.4 Å². The van der Waals surface area contributed by atoms with Crippen molar-refractivity contribution in [3.63, 3.8) is 0 Å². The van der Waals surface area contributed by atoms with Crippen LogP contribution < -0.4 is 10.7 Å². The molecule has 0 radical (unpaired) electrons. The number of carbonyl (C=O) groups excluding carboxylic acids is 3. The normalized spacial score (nSPS) is 19.1. The monoisotopic (exact) mass is 539 g/mol. The Morgan fingerprint density at radius 3 is 2.60 bits per heavy atom. The molecule has 1 aromatic heterocycles. The van der Waals surface area contributed by atoms with E-state index in [0.29, 0.717) is 13.1 Å². The van der Waals surface area contributed by atoms with Gasteiger partial charge in [-0.2, -0.15) is 5.10 Å². The molecule has 11 heteroatoms. The van der Waals surface area contributed by atoms with E-state index in [1.807, 2.05) is 48.5 Å². The summed E-state index contributed by atoms with van der Waals surface area (Å²) in [5, 5.41) is 22.1. The minimum Gasteiger partial charge on any atom is -0.508 e. The smallest absolute Gasteiger partial charge is 0.334 e. The van der Waals surface area contributed by atoms with E-state index in [2.05, 4.69) is 20.9 Å². The summed E-state index contributed by atoms with van der Waals surface area (Å²) in [4.78, 5) is 43.9. The molecule has 2 aliphatic rings. The lowest BCUT2D eigenvalue weighted by Crippen LogP contribution is -2.76. The zero-order valence-corrected chi connectivity index (χ0v) is 21.7. The number of aromatic amines is 1. The van der Waals surface area contributed by atoms with Gasteiger partial charge < -0.3 is 20.2 Å². The fraction of sp³-hybridized carbons (Fsp3) is 0.241. The predicted molar refractivity (Wildman–Crippen MR) is 146 cm³/mol. The highest BCUT2D eigenvalue weighted by Gasteiger charge is 2.49. The van der Waals surface area contributed by atoms with Crippen molar-refractivity contribution >= 4 is 28.7 Å². The van der Waals surface area contributed by atoms with Gasteiger partial charge in [0.2, 0.25) is 11.8 Å². The van der Waals surface area contributed by atoms with Crippen LogP contribution in [-0.2, 0) is 29.1 Å². The van der Waals surface area contributed by atoms with Crippen molar-refractivity contribution in [2.75, 3.05) is 13.1 Å². The van der Waals surface area contributed by atoms with E-state index < -0.39 is 12.2 Å². The molecule has 4 amide bonds. The molecule has 0 unspecified atom stereocenters. The molecule has 2 atom stereocenters. The van der Waals surface area contributed by atoms with E-state index in [9.17, 15) is 19.5 Å². The Morgan fingerprint density at radius 1 is 1.00 bits per heavy atom. The van der Waals surface area contributed by atoms with Crippen LogP contribution in [0.15, 0.2) is 79.0 Å². The van der Waals surface area contributed by atoms with Gasteiger partial charge >= 0.3 is 6.03 Å². The topological polar surface area (TPSA) is 134 Å². The molecule has 2 saturated heterocycles. The summed E-state index contributed by atoms with van der Waals surface area (Å²) < 4.78 is 0. The van der Waals surface area contributed by atoms with Crippen molar-refractivity contribution in [1.29, 1.82) is 0 Å². The van der Waals surface area contributed by atoms with Crippen molar-refractivity contribution in [2.24, 2.45) is 0 Å². The molecular formula is C29H29N7O4. The minimum atomic E-state index is -0.828. The molecule has 204 valence electrons. The highest BCUT2D eigenvalue weighted by molar-refractivity contribution is 5.92. The number of urea groups is 1. The van der Waals surface area contributed by atoms with Gasteiger partial charge in [-0.25, -0.2) is 15.2 Å². The minimum absolute atomic E-state index is 0.108. The van der Waals surface area contributed by atoms with E-state index >= 15 is 0 Å². The Bertz CT molecular complexity index is 1540. The maximum Gasteiger partial charge on any atom is 0.334 e. The fourth-order valence-electron chi connectivity index (χ4n) is 5.43. The lowest BCUT2D eigenvalue weighted by molar-refractivity contribution is -0.170. The Morgan fingerprint density at radius 2 is 1.80 bits per heavy atom. The van der Waals surface area contributed by atoms with Crippen LogP contribution in [0.3, 0.4) is 0 Å². The SMILES string of the molecule is O=C1[C@H](Cc2ccc(O)cc2)N2C(=O)CNN(C(=O)NCc3ccccc3)[C@H]2CN1Cc1cccc2[nH]ncc12. The number of benzene rings is 3. The Kier molecular flexibility index (Phi) is 6.79. The molecule has 3 heterocycles. The molecule has 0 spiro atoms. The van der Waals surface area contributed by atoms with E-state index in [0.717, 1.165) is 27.6 Å². The number of H-pyrrole nitrogens is 1. The number of rotatable bonds is 6. The first kappa shape index (κ1) is 25.4. The Labute approximate surface area is 230 Å². The van der Waals surface area contributed by atoms with Gasteiger partial charge in [-0.05, 0) is 34.9 Å². The lowest BCUT2D eigenvalue weighted by Gasteiger charge is -2.52. The standard InChI is InChI=1S/C29H29N7O4/c37-22-11-9-19(10-12-22)13-25-28(39)34(17-21-7-4-8-24-23(21)15-31-33-24)18-26-35(25)27(38)16-32-36(26)29(40)30-14-20-5-2-1-3-6-20/h1-12,15,25-26,32,37H,13-14,16-18H2,(H,30,40)(H,31,33)/t25-,26-/m0/s1. The number of hydrogen-bond acceptors (Lipinski definition) is 6. The van der Waals surface area contributed by atoms with Gasteiger partial charge in [0.1, 0.15) is 18.0 Å². The van der Waals surface area contributed by atoms with E-state index in [-0.39, 0.29) is 43.1 Å². The van der Waals surface area contributed by atoms with Crippen LogP contribution in [0.4, 0.5) is 4.79 Å². The summed E-state index contributed by atoms with van der Waals surface area (Å²) in [6.07, 6.45) is 1.25. The maximum absolute atomic E-state index is 14.0. The molecule has 2 aliphatic heterocycles. The van der Waals surface area contributed by atoms with E-state index in [1.165, 1.54) is 9.91 Å². The highest BCUT2D eigenvalue weighted by Crippen LogP contribution is 2.28. The van der Waals surface area contributed by atoms with Gasteiger partial charge in [0.05, 0.1) is 24.8 Å². The number of carbonyl (C=O) groups is 3. The van der Waals surface area contributed by atoms with Gasteiger partial charge in [0.25, 0.3) is 0 Å². The van der Waals surface area contributed by atoms with E-state index in [4.69, 9.17) is 0 Å². The van der Waals surface area contributed by atoms with Gasteiger partial charge in [0, 0.05) is 24.9 Å². The molecule has 4 N–H and O–H groups in total. The third-order valence-corrected chi connectivity index (χ3v) is 7.43. The average Bonchev–Trinajstić information content (AvgIpc) is 3.46. The number of phenolic OH excluding ortho intramolecular Hbond substituents is 1. The lowest BCUT2D eigenvalue weighted by atomic mass is 9.98. The van der Waals surface area contributed by atoms with Crippen molar-refractivity contribution < 1.29 is 19.5 Å². The van der Waals surface area contributed by atoms with Crippen molar-refractivity contribution in [1.82, 2.24) is 35.7 Å². The zero-order chi connectivity index (χ0) is 27.6. The summed E-state index contributed by atoms with van der Waals surface area (Å²) in [5.41, 5.74) is 6.47. The predicted octanol–water partition coefficient (Wildman–Crippen LogP) is 2.11. The first-order valence-corrected chi connectivity index (χ1v) is 13.1. The Balaban J connectivity index is 1.31. The van der Waals surface area contributed by atoms with Gasteiger partial charge in [0.15, 0.2) is 0 Å². The zero-order valence-electron chi connectivity index (χ0n) is 21.7. The molecule has 0 saturated carbocycles. The third-order valence-electron chi connectivity index (χ3n) is 7.43. The second-order valence-corrected chi connectivity index (χ2v) is 9.98. The van der Waals surface area contributed by atoms with Crippen molar-refractivity contribution in [3.8, 4) is 5.75 Å². The molecule has 3 aromatic carbocycles. The first-order valence-electron chi connectivity index (χ1n) is 13.1. The molecule has 4 aromatic rings. The number of aromatic hydroxyl groups is 1. The summed E-state index contributed by atoms with van der Waals surface area (Å²) in [7, 11) is 0. The number of amides is 4. The number of phenols is 1. The largest absolute Gasteiger partial charge is 0.508 e. The quantitative estimate of drug-likeness (QED) is 0.297. The van der Waals surface area contributed by atoms with Crippen LogP contribution in [-0.4, -0.2) is 73.3 Å². The summed E-state index contributed by atoms with van der Waals surface area (Å²) in [6.45, 7) is 0.639. The number of nitrogens with one attached hydrogen (secondary N) is 3. The molecule has 6 rings (SSSR count). The third kappa shape index (κ3) is 4.94. The van der Waals surface area contributed by atoms with Crippen LogP contribution >= 0.6 is 0 Å². The van der Waals surface area contributed by atoms with Gasteiger partial charge in [-0.3, -0.25) is 14.7 Å². The average molecular weight is 540 g/mol. The molecule has 40 heavy (non-hydrogen) atoms. The number of hydrazine groups is 1. The van der Waals surface area contributed by atoms with Crippen molar-refractivity contribution in [2.45, 2.75) is 31.7 Å². The molecule has 11 nitrogen and oxygen atoms in total. The fourth-order valence-corrected chi connectivity index (χ4v) is 5.43. The Hall–Kier alpha value is -4.90. The number of aromatic nitrogens is 2. The summed E-state index contributed by atoms with van der Waals surface area (Å²) in [6, 6.07) is 20.7. The van der Waals surface area contributed by atoms with Crippen LogP contribution in [0.25, 0.3) is 10.9 Å². The second-order valence-electron chi connectivity index (χ2n) is 9.98. The number of hydrogen-bond donors (Lipinski definition) is 4. The number of nitrogens with zero attached hydrogens (tertiary/aromatic N) is 4. The first-order chi connectivity index (χ1) is 19.5. The van der Waals surface area contributed by atoms with Crippen LogP contribution in [0.2, 0.25) is 0 Å². The molecular weight excluding hydrogens is 510 g/mol. The maximum atomic E-state index is 14.0. The number of fused-ring (bicyclic) bond motifs is 2. The molecule has 0 aliphatic carbocycles.